The Kier molecular flexibility index (Phi) is 3.78. The van der Waals surface area contributed by atoms with Gasteiger partial charge in [-0.25, -0.2) is 0 Å². The Morgan fingerprint density at radius 3 is 3.12 bits per heavy atom. The van der Waals surface area contributed by atoms with E-state index < -0.39 is 0 Å². The van der Waals surface area contributed by atoms with Crippen LogP contribution in [0.2, 0.25) is 0 Å². The fraction of sp³-hybridized carbons (Fsp3) is 0.357. The van der Waals surface area contributed by atoms with Crippen LogP contribution >= 0.6 is 11.3 Å². The lowest BCUT2D eigenvalue weighted by atomic mass is 10.1. The first kappa shape index (κ1) is 12.1. The normalized spacial score (nSPS) is 14.4. The summed E-state index contributed by atoms with van der Waals surface area (Å²) in [6.45, 7) is 4.25. The van der Waals surface area contributed by atoms with Crippen LogP contribution in [0.15, 0.2) is 23.7 Å². The molecular weight excluding hydrogens is 228 g/mol. The van der Waals surface area contributed by atoms with Gasteiger partial charge >= 0.3 is 0 Å². The number of nitrogens with zero attached hydrogens (tertiary/aromatic N) is 1. The predicted octanol–water partition coefficient (Wildman–Crippen LogP) is 3.36. The number of hydrogen-bond donors (Lipinski definition) is 1. The Morgan fingerprint density at radius 1 is 1.53 bits per heavy atom. The van der Waals surface area contributed by atoms with E-state index in [2.05, 4.69) is 41.5 Å². The topological polar surface area (TPSA) is 24.9 Å². The number of hydrogen-bond acceptors (Lipinski definition) is 3. The number of fused-ring (bicyclic) bond motifs is 1. The lowest BCUT2D eigenvalue weighted by Crippen LogP contribution is -2.28. The molecule has 0 aliphatic rings. The van der Waals surface area contributed by atoms with Crippen molar-refractivity contribution in [2.24, 2.45) is 0 Å². The van der Waals surface area contributed by atoms with Gasteiger partial charge in [0.1, 0.15) is 0 Å². The van der Waals surface area contributed by atoms with Crippen molar-refractivity contribution >= 4 is 21.6 Å². The van der Waals surface area contributed by atoms with Crippen LogP contribution in [0.25, 0.3) is 10.2 Å². The van der Waals surface area contributed by atoms with E-state index in [1.165, 1.54) is 10.3 Å². The van der Waals surface area contributed by atoms with Crippen LogP contribution in [-0.2, 0) is 0 Å². The maximum Gasteiger partial charge on any atom is 0.0809 e. The monoisotopic (exact) mass is 244 g/mol. The maximum absolute atomic E-state index is 5.30. The van der Waals surface area contributed by atoms with Gasteiger partial charge in [0.25, 0.3) is 0 Å². The summed E-state index contributed by atoms with van der Waals surface area (Å²) in [6.07, 6.45) is 7.99. The molecule has 0 bridgehead atoms. The Morgan fingerprint density at radius 2 is 2.35 bits per heavy atom. The second kappa shape index (κ2) is 5.31. The van der Waals surface area contributed by atoms with Crippen molar-refractivity contribution in [3.05, 3.63) is 29.3 Å². The molecule has 2 aromatic heterocycles. The Hall–Kier alpha value is -1.37. The van der Waals surface area contributed by atoms with E-state index in [9.17, 15) is 0 Å². The summed E-state index contributed by atoms with van der Waals surface area (Å²) in [4.78, 5) is 4.45. The van der Waals surface area contributed by atoms with E-state index >= 15 is 0 Å². The van der Waals surface area contributed by atoms with Gasteiger partial charge in [-0.2, -0.15) is 0 Å². The molecule has 2 nitrogen and oxygen atoms in total. The second-order valence-electron chi connectivity index (χ2n) is 4.27. The number of terminal acetylenes is 1. The van der Waals surface area contributed by atoms with E-state index in [-0.39, 0.29) is 6.04 Å². The molecule has 0 radical (unpaired) electrons. The molecule has 17 heavy (non-hydrogen) atoms. The molecule has 0 amide bonds. The summed E-state index contributed by atoms with van der Waals surface area (Å²) in [5.74, 6) is 2.67. The fourth-order valence-corrected chi connectivity index (χ4v) is 2.65. The molecule has 1 N–H and O–H groups in total. The average molecular weight is 244 g/mol. The number of thiophene rings is 1. The molecule has 0 aromatic carbocycles. The van der Waals surface area contributed by atoms with Crippen LogP contribution in [0.3, 0.4) is 0 Å². The molecule has 3 heteroatoms. The molecule has 2 rings (SSSR count). The van der Waals surface area contributed by atoms with Crippen LogP contribution < -0.4 is 5.32 Å². The zero-order valence-electron chi connectivity index (χ0n) is 10.1. The quantitative estimate of drug-likeness (QED) is 0.834. The number of pyridine rings is 1. The van der Waals surface area contributed by atoms with Crippen LogP contribution in [0, 0.1) is 12.3 Å². The van der Waals surface area contributed by atoms with Gasteiger partial charge in [-0.3, -0.25) is 4.98 Å². The minimum atomic E-state index is 0.275. The van der Waals surface area contributed by atoms with Gasteiger partial charge < -0.3 is 5.32 Å². The number of aromatic nitrogens is 1. The van der Waals surface area contributed by atoms with E-state index in [0.29, 0.717) is 6.04 Å². The molecule has 2 atom stereocenters. The number of rotatable bonds is 4. The van der Waals surface area contributed by atoms with Crippen molar-refractivity contribution in [1.82, 2.24) is 10.3 Å². The average Bonchev–Trinajstić information content (AvgIpc) is 2.75. The molecule has 2 aromatic rings. The molecular formula is C14H16N2S. The Labute approximate surface area is 106 Å². The minimum Gasteiger partial charge on any atom is -0.307 e. The van der Waals surface area contributed by atoms with Crippen LogP contribution in [0.1, 0.15) is 31.9 Å². The van der Waals surface area contributed by atoms with Gasteiger partial charge in [0, 0.05) is 24.7 Å². The highest BCUT2D eigenvalue weighted by atomic mass is 32.1. The van der Waals surface area contributed by atoms with Gasteiger partial charge in [0.2, 0.25) is 0 Å². The summed E-state index contributed by atoms with van der Waals surface area (Å²) in [5.41, 5.74) is 2.28. The van der Waals surface area contributed by atoms with Gasteiger partial charge in [-0.1, -0.05) is 0 Å². The molecule has 2 unspecified atom stereocenters. The van der Waals surface area contributed by atoms with Crippen molar-refractivity contribution in [3.8, 4) is 12.3 Å². The Balaban J connectivity index is 2.13. The van der Waals surface area contributed by atoms with Crippen LogP contribution in [0.5, 0.6) is 0 Å². The summed E-state index contributed by atoms with van der Waals surface area (Å²) in [6, 6.07) is 4.85. The predicted molar refractivity (Wildman–Crippen MR) is 74.1 cm³/mol. The van der Waals surface area contributed by atoms with Gasteiger partial charge in [-0.05, 0) is 36.9 Å². The van der Waals surface area contributed by atoms with Gasteiger partial charge in [-0.15, -0.1) is 23.7 Å². The first-order valence-electron chi connectivity index (χ1n) is 5.73. The SMILES string of the molecule is C#CCC(C)NC(C)c1cnc2ccsc2c1. The molecule has 0 fully saturated rings. The first-order chi connectivity index (χ1) is 8.20. The summed E-state index contributed by atoms with van der Waals surface area (Å²) >= 11 is 1.73. The smallest absolute Gasteiger partial charge is 0.0809 e. The highest BCUT2D eigenvalue weighted by molar-refractivity contribution is 7.17. The van der Waals surface area contributed by atoms with E-state index in [4.69, 9.17) is 6.42 Å². The largest absolute Gasteiger partial charge is 0.307 e. The highest BCUT2D eigenvalue weighted by Gasteiger charge is 2.10. The highest BCUT2D eigenvalue weighted by Crippen LogP contribution is 2.22. The van der Waals surface area contributed by atoms with Crippen LogP contribution in [0.4, 0.5) is 0 Å². The lowest BCUT2D eigenvalue weighted by Gasteiger charge is -2.18. The standard InChI is InChI=1S/C14H16N2S/c1-4-5-10(2)16-11(3)12-8-14-13(15-9-12)6-7-17-14/h1,6-11,16H,5H2,2-3H3. The second-order valence-corrected chi connectivity index (χ2v) is 5.22. The van der Waals surface area contributed by atoms with Crippen LogP contribution in [-0.4, -0.2) is 11.0 Å². The zero-order chi connectivity index (χ0) is 12.3. The molecule has 88 valence electrons. The summed E-state index contributed by atoms with van der Waals surface area (Å²) in [5, 5.41) is 5.55. The fourth-order valence-electron chi connectivity index (χ4n) is 1.86. The zero-order valence-corrected chi connectivity index (χ0v) is 10.9. The molecule has 0 saturated heterocycles. The van der Waals surface area contributed by atoms with Gasteiger partial charge in [0.15, 0.2) is 0 Å². The summed E-state index contributed by atoms with van der Waals surface area (Å²) in [7, 11) is 0. The molecule has 0 spiro atoms. The lowest BCUT2D eigenvalue weighted by molar-refractivity contribution is 0.486. The first-order valence-corrected chi connectivity index (χ1v) is 6.61. The maximum atomic E-state index is 5.30. The van der Waals surface area contributed by atoms with Crippen molar-refractivity contribution in [2.75, 3.05) is 0 Å². The van der Waals surface area contributed by atoms with E-state index in [1.54, 1.807) is 11.3 Å². The van der Waals surface area contributed by atoms with Crippen molar-refractivity contribution in [1.29, 1.82) is 0 Å². The van der Waals surface area contributed by atoms with Crippen molar-refractivity contribution in [2.45, 2.75) is 32.4 Å². The van der Waals surface area contributed by atoms with E-state index in [1.807, 2.05) is 12.3 Å². The third kappa shape index (κ3) is 2.85. The Bertz CT molecular complexity index is 538. The number of nitrogens with one attached hydrogen (secondary N) is 1. The third-order valence-corrected chi connectivity index (χ3v) is 3.64. The minimum absolute atomic E-state index is 0.275. The van der Waals surface area contributed by atoms with Crippen molar-refractivity contribution < 1.29 is 0 Å². The van der Waals surface area contributed by atoms with Gasteiger partial charge in [0.05, 0.1) is 10.2 Å². The molecule has 0 aliphatic heterocycles. The van der Waals surface area contributed by atoms with E-state index in [0.717, 1.165) is 11.9 Å². The molecule has 0 aliphatic carbocycles. The van der Waals surface area contributed by atoms with Crippen molar-refractivity contribution in [3.63, 3.8) is 0 Å². The molecule has 2 heterocycles. The third-order valence-electron chi connectivity index (χ3n) is 2.78. The molecule has 0 saturated carbocycles. The summed E-state index contributed by atoms with van der Waals surface area (Å²) < 4.78 is 1.24.